The molecular formula is C24H25FN4O2. The third kappa shape index (κ3) is 4.08. The molecule has 1 saturated heterocycles. The molecule has 0 saturated carbocycles. The van der Waals surface area contributed by atoms with E-state index in [1.807, 2.05) is 45.0 Å². The van der Waals surface area contributed by atoms with Crippen molar-refractivity contribution in [2.24, 2.45) is 0 Å². The summed E-state index contributed by atoms with van der Waals surface area (Å²) in [5.41, 5.74) is 3.81. The minimum atomic E-state index is -0.535. The Morgan fingerprint density at radius 1 is 1.16 bits per heavy atom. The Hall–Kier alpha value is -3.48. The van der Waals surface area contributed by atoms with Crippen molar-refractivity contribution in [1.29, 1.82) is 0 Å². The Bertz CT molecular complexity index is 1130. The van der Waals surface area contributed by atoms with Gasteiger partial charge >= 0.3 is 0 Å². The van der Waals surface area contributed by atoms with Gasteiger partial charge in [0.15, 0.2) is 0 Å². The van der Waals surface area contributed by atoms with Crippen LogP contribution in [0.15, 0.2) is 48.7 Å². The van der Waals surface area contributed by atoms with Gasteiger partial charge in [-0.25, -0.2) is 9.07 Å². The third-order valence-corrected chi connectivity index (χ3v) is 5.45. The highest BCUT2D eigenvalue weighted by molar-refractivity contribution is 6.05. The molecule has 1 N–H and O–H groups in total. The van der Waals surface area contributed by atoms with Gasteiger partial charge in [0.25, 0.3) is 5.91 Å². The number of amides is 2. The molecule has 1 fully saturated rings. The predicted molar refractivity (Wildman–Crippen MR) is 118 cm³/mol. The van der Waals surface area contributed by atoms with Gasteiger partial charge in [-0.15, -0.1) is 0 Å². The molecule has 6 nitrogen and oxygen atoms in total. The number of hydrogen-bond acceptors (Lipinski definition) is 3. The Morgan fingerprint density at radius 2 is 1.90 bits per heavy atom. The molecular weight excluding hydrogens is 395 g/mol. The smallest absolute Gasteiger partial charge is 0.259 e. The third-order valence-electron chi connectivity index (χ3n) is 5.45. The summed E-state index contributed by atoms with van der Waals surface area (Å²) in [5.74, 6) is -0.926. The monoisotopic (exact) mass is 420 g/mol. The van der Waals surface area contributed by atoms with Crippen LogP contribution in [0.2, 0.25) is 0 Å². The predicted octanol–water partition coefficient (Wildman–Crippen LogP) is 4.82. The van der Waals surface area contributed by atoms with Crippen molar-refractivity contribution >= 4 is 23.2 Å². The fourth-order valence-electron chi connectivity index (χ4n) is 3.88. The first-order chi connectivity index (χ1) is 14.8. The summed E-state index contributed by atoms with van der Waals surface area (Å²) >= 11 is 0. The maximum Gasteiger partial charge on any atom is 0.259 e. The molecule has 31 heavy (non-hydrogen) atoms. The Balaban J connectivity index is 1.59. The molecule has 7 heteroatoms. The number of hydrogen-bond donors (Lipinski definition) is 1. The molecule has 160 valence electrons. The van der Waals surface area contributed by atoms with Gasteiger partial charge in [-0.1, -0.05) is 31.5 Å². The molecule has 2 heterocycles. The number of carbonyl (C=O) groups excluding carboxylic acids is 2. The zero-order valence-corrected chi connectivity index (χ0v) is 17.9. The van der Waals surface area contributed by atoms with Crippen LogP contribution in [0.4, 0.5) is 15.8 Å². The van der Waals surface area contributed by atoms with Gasteiger partial charge in [0.1, 0.15) is 5.82 Å². The van der Waals surface area contributed by atoms with Gasteiger partial charge < -0.3 is 10.2 Å². The molecule has 3 aromatic rings. The lowest BCUT2D eigenvalue weighted by molar-refractivity contribution is -0.117. The summed E-state index contributed by atoms with van der Waals surface area (Å²) in [5, 5.41) is 7.19. The Labute approximate surface area is 180 Å². The largest absolute Gasteiger partial charge is 0.322 e. The van der Waals surface area contributed by atoms with E-state index in [0.717, 1.165) is 23.4 Å². The van der Waals surface area contributed by atoms with Crippen LogP contribution in [0.25, 0.3) is 5.69 Å². The lowest BCUT2D eigenvalue weighted by Gasteiger charge is -2.17. The summed E-state index contributed by atoms with van der Waals surface area (Å²) in [6.07, 6.45) is 2.69. The van der Waals surface area contributed by atoms with Crippen LogP contribution in [-0.4, -0.2) is 28.1 Å². The number of anilines is 2. The van der Waals surface area contributed by atoms with Gasteiger partial charge in [-0.05, 0) is 49.6 Å². The fraction of sp³-hybridized carbons (Fsp3) is 0.292. The second kappa shape index (κ2) is 8.34. The van der Waals surface area contributed by atoms with Crippen LogP contribution in [0.3, 0.4) is 0 Å². The molecule has 0 atom stereocenters. The van der Waals surface area contributed by atoms with E-state index >= 15 is 0 Å². The normalized spacial score (nSPS) is 13.8. The van der Waals surface area contributed by atoms with E-state index in [4.69, 9.17) is 0 Å². The molecule has 2 amide bonds. The second-order valence-electron chi connectivity index (χ2n) is 8.11. The number of aryl methyl sites for hydroxylation is 1. The summed E-state index contributed by atoms with van der Waals surface area (Å²) in [4.78, 5) is 26.3. The Kier molecular flexibility index (Phi) is 5.59. The highest BCUT2D eigenvalue weighted by Gasteiger charge is 2.25. The van der Waals surface area contributed by atoms with Crippen molar-refractivity contribution < 1.29 is 14.0 Å². The number of nitrogens with zero attached hydrogens (tertiary/aromatic N) is 3. The number of halogens is 1. The van der Waals surface area contributed by atoms with Crippen LogP contribution >= 0.6 is 0 Å². The minimum absolute atomic E-state index is 0.0462. The van der Waals surface area contributed by atoms with E-state index in [1.165, 1.54) is 23.2 Å². The molecule has 2 aromatic carbocycles. The molecule has 1 aromatic heterocycles. The van der Waals surface area contributed by atoms with Crippen LogP contribution in [0.1, 0.15) is 54.2 Å². The number of carbonyl (C=O) groups is 2. The summed E-state index contributed by atoms with van der Waals surface area (Å²) < 4.78 is 16.4. The maximum absolute atomic E-state index is 14.6. The molecule has 0 radical (unpaired) electrons. The molecule has 0 unspecified atom stereocenters. The van der Waals surface area contributed by atoms with Crippen molar-refractivity contribution in [2.75, 3.05) is 16.8 Å². The molecule has 0 bridgehead atoms. The molecule has 1 aliphatic rings. The van der Waals surface area contributed by atoms with E-state index in [-0.39, 0.29) is 23.4 Å². The van der Waals surface area contributed by atoms with E-state index in [9.17, 15) is 14.0 Å². The average molecular weight is 420 g/mol. The maximum atomic E-state index is 14.6. The molecule has 1 aliphatic heterocycles. The van der Waals surface area contributed by atoms with Crippen LogP contribution in [0, 0.1) is 12.7 Å². The summed E-state index contributed by atoms with van der Waals surface area (Å²) in [7, 11) is 0. The fourth-order valence-corrected chi connectivity index (χ4v) is 3.88. The van der Waals surface area contributed by atoms with Crippen molar-refractivity contribution in [1.82, 2.24) is 9.78 Å². The highest BCUT2D eigenvalue weighted by Crippen LogP contribution is 2.28. The first-order valence-corrected chi connectivity index (χ1v) is 10.4. The number of benzene rings is 2. The van der Waals surface area contributed by atoms with Crippen LogP contribution < -0.4 is 10.2 Å². The Morgan fingerprint density at radius 3 is 2.52 bits per heavy atom. The summed E-state index contributed by atoms with van der Waals surface area (Å²) in [6.45, 7) is 6.52. The topological polar surface area (TPSA) is 67.2 Å². The van der Waals surface area contributed by atoms with Crippen LogP contribution in [-0.2, 0) is 4.79 Å². The van der Waals surface area contributed by atoms with Crippen molar-refractivity contribution in [3.8, 4) is 5.69 Å². The van der Waals surface area contributed by atoms with E-state index < -0.39 is 5.82 Å². The SMILES string of the molecule is Cc1ccc(-n2ncc(C(=O)Nc3ccc(N4CCCC4=O)c(F)c3)c2C(C)C)cc1. The molecule has 0 aliphatic carbocycles. The van der Waals surface area contributed by atoms with Gasteiger partial charge in [-0.2, -0.15) is 5.10 Å². The van der Waals surface area contributed by atoms with Gasteiger partial charge in [0.05, 0.1) is 28.8 Å². The van der Waals surface area contributed by atoms with E-state index in [2.05, 4.69) is 10.4 Å². The van der Waals surface area contributed by atoms with Crippen molar-refractivity contribution in [3.05, 3.63) is 71.3 Å². The second-order valence-corrected chi connectivity index (χ2v) is 8.11. The van der Waals surface area contributed by atoms with Gasteiger partial charge in [0, 0.05) is 18.7 Å². The lowest BCUT2D eigenvalue weighted by atomic mass is 10.0. The first kappa shape index (κ1) is 20.8. The zero-order chi connectivity index (χ0) is 22.1. The zero-order valence-electron chi connectivity index (χ0n) is 17.9. The summed E-state index contributed by atoms with van der Waals surface area (Å²) in [6, 6.07) is 12.3. The standard InChI is InChI=1S/C24H25FN4O2/c1-15(2)23-19(14-26-29(23)18-9-6-16(3)7-10-18)24(31)27-17-8-11-21(20(25)13-17)28-12-4-5-22(28)30/h6-11,13-15H,4-5,12H2,1-3H3,(H,27,31). The highest BCUT2D eigenvalue weighted by atomic mass is 19.1. The number of aromatic nitrogens is 2. The van der Waals surface area contributed by atoms with E-state index in [0.29, 0.717) is 24.2 Å². The molecule has 4 rings (SSSR count). The number of rotatable bonds is 5. The van der Waals surface area contributed by atoms with Gasteiger partial charge in [-0.3, -0.25) is 9.59 Å². The van der Waals surface area contributed by atoms with Crippen molar-refractivity contribution in [2.45, 2.75) is 39.5 Å². The number of nitrogens with one attached hydrogen (secondary N) is 1. The molecule has 0 spiro atoms. The first-order valence-electron chi connectivity index (χ1n) is 10.4. The van der Waals surface area contributed by atoms with E-state index in [1.54, 1.807) is 10.7 Å². The average Bonchev–Trinajstić information content (AvgIpc) is 3.35. The van der Waals surface area contributed by atoms with Crippen LogP contribution in [0.5, 0.6) is 0 Å². The quantitative estimate of drug-likeness (QED) is 0.643. The van der Waals surface area contributed by atoms with Crippen molar-refractivity contribution in [3.63, 3.8) is 0 Å². The van der Waals surface area contributed by atoms with Gasteiger partial charge in [0.2, 0.25) is 5.91 Å². The minimum Gasteiger partial charge on any atom is -0.322 e. The lowest BCUT2D eigenvalue weighted by Crippen LogP contribution is -2.24.